The van der Waals surface area contributed by atoms with Crippen LogP contribution in [0.3, 0.4) is 0 Å². The van der Waals surface area contributed by atoms with Gasteiger partial charge in [0, 0.05) is 6.07 Å². The number of halogens is 1. The minimum atomic E-state index is -0.508. The Hall–Kier alpha value is -2.67. The SMILES string of the molecule is C#CCOc1ccc(/C=N/Nc2ccc([N+](=O)[O-])cn2)cc1I. The summed E-state index contributed by atoms with van der Waals surface area (Å²) in [6.45, 7) is 0.219. The van der Waals surface area contributed by atoms with Gasteiger partial charge in [0.2, 0.25) is 0 Å². The average molecular weight is 422 g/mol. The second-order valence-corrected chi connectivity index (χ2v) is 5.37. The van der Waals surface area contributed by atoms with E-state index in [1.807, 2.05) is 18.2 Å². The lowest BCUT2D eigenvalue weighted by Gasteiger charge is -2.05. The summed E-state index contributed by atoms with van der Waals surface area (Å²) in [5.41, 5.74) is 3.49. The fourth-order valence-corrected chi connectivity index (χ4v) is 2.26. The molecule has 0 fully saturated rings. The molecule has 0 saturated heterocycles. The number of pyridine rings is 1. The third-order valence-corrected chi connectivity index (χ3v) is 3.46. The van der Waals surface area contributed by atoms with Crippen LogP contribution in [0.5, 0.6) is 5.75 Å². The lowest BCUT2D eigenvalue weighted by Crippen LogP contribution is -1.97. The molecular formula is C15H11IN4O3. The summed E-state index contributed by atoms with van der Waals surface area (Å²) in [5.74, 6) is 3.54. The molecular weight excluding hydrogens is 411 g/mol. The van der Waals surface area contributed by atoms with E-state index in [2.05, 4.69) is 44.0 Å². The summed E-state index contributed by atoms with van der Waals surface area (Å²) in [7, 11) is 0. The number of nitro groups is 1. The van der Waals surface area contributed by atoms with Crippen molar-refractivity contribution in [3.05, 3.63) is 55.8 Å². The maximum absolute atomic E-state index is 10.5. The van der Waals surface area contributed by atoms with Crippen LogP contribution in [0.4, 0.5) is 11.5 Å². The summed E-state index contributed by atoms with van der Waals surface area (Å²) in [6.07, 6.45) is 7.93. The van der Waals surface area contributed by atoms with E-state index in [0.717, 1.165) is 9.13 Å². The normalized spacial score (nSPS) is 10.3. The highest BCUT2D eigenvalue weighted by atomic mass is 127. The lowest BCUT2D eigenvalue weighted by molar-refractivity contribution is -0.385. The van der Waals surface area contributed by atoms with Crippen LogP contribution in [-0.4, -0.2) is 22.7 Å². The summed E-state index contributed by atoms with van der Waals surface area (Å²) in [4.78, 5) is 13.9. The molecule has 1 N–H and O–H groups in total. The molecule has 116 valence electrons. The first-order valence-corrected chi connectivity index (χ1v) is 7.43. The number of nitrogens with zero attached hydrogens (tertiary/aromatic N) is 3. The molecule has 0 aliphatic rings. The van der Waals surface area contributed by atoms with E-state index in [1.165, 1.54) is 18.3 Å². The van der Waals surface area contributed by atoms with Crippen LogP contribution in [0.1, 0.15) is 5.56 Å². The lowest BCUT2D eigenvalue weighted by atomic mass is 10.2. The van der Waals surface area contributed by atoms with Crippen molar-refractivity contribution in [3.8, 4) is 18.1 Å². The first-order chi connectivity index (χ1) is 11.1. The van der Waals surface area contributed by atoms with Crippen molar-refractivity contribution in [3.63, 3.8) is 0 Å². The van der Waals surface area contributed by atoms with E-state index in [1.54, 1.807) is 6.21 Å². The number of nitrogens with one attached hydrogen (secondary N) is 1. The Morgan fingerprint density at radius 3 is 2.91 bits per heavy atom. The maximum atomic E-state index is 10.5. The summed E-state index contributed by atoms with van der Waals surface area (Å²) < 4.78 is 6.29. The maximum Gasteiger partial charge on any atom is 0.287 e. The standard InChI is InChI=1S/C15H11IN4O3/c1-2-7-23-14-5-3-11(8-13(14)16)9-18-19-15-6-4-12(10-17-15)20(21)22/h1,3-6,8-10H,7H2,(H,17,19)/b18-9+. The Kier molecular flexibility index (Phi) is 5.87. The van der Waals surface area contributed by atoms with Gasteiger partial charge >= 0.3 is 0 Å². The number of ether oxygens (including phenoxy) is 1. The Labute approximate surface area is 146 Å². The molecule has 2 rings (SSSR count). The predicted octanol–water partition coefficient (Wildman–Crippen LogP) is 3.05. The van der Waals surface area contributed by atoms with Crippen LogP contribution in [0, 0.1) is 26.0 Å². The minimum Gasteiger partial charge on any atom is -0.480 e. The van der Waals surface area contributed by atoms with E-state index in [-0.39, 0.29) is 12.3 Å². The molecule has 1 heterocycles. The number of hydrogen-bond donors (Lipinski definition) is 1. The molecule has 1 aromatic carbocycles. The third-order valence-electron chi connectivity index (χ3n) is 2.62. The van der Waals surface area contributed by atoms with Crippen LogP contribution in [-0.2, 0) is 0 Å². The molecule has 8 heteroatoms. The van der Waals surface area contributed by atoms with Crippen LogP contribution in [0.2, 0.25) is 0 Å². The second kappa shape index (κ2) is 8.09. The molecule has 0 amide bonds. The Bertz CT molecular complexity index is 769. The Morgan fingerprint density at radius 2 is 2.30 bits per heavy atom. The van der Waals surface area contributed by atoms with Gasteiger partial charge in [-0.05, 0) is 52.4 Å². The van der Waals surface area contributed by atoms with Crippen molar-refractivity contribution in [1.82, 2.24) is 4.98 Å². The number of rotatable bonds is 6. The zero-order valence-electron chi connectivity index (χ0n) is 11.8. The number of anilines is 1. The van der Waals surface area contributed by atoms with E-state index < -0.39 is 4.92 Å². The average Bonchev–Trinajstić information content (AvgIpc) is 2.54. The van der Waals surface area contributed by atoms with Crippen molar-refractivity contribution in [2.75, 3.05) is 12.0 Å². The third kappa shape index (κ3) is 4.93. The van der Waals surface area contributed by atoms with Gasteiger partial charge in [0.1, 0.15) is 24.4 Å². The molecule has 0 aliphatic heterocycles. The van der Waals surface area contributed by atoms with E-state index in [4.69, 9.17) is 11.2 Å². The smallest absolute Gasteiger partial charge is 0.287 e. The van der Waals surface area contributed by atoms with Crippen molar-refractivity contribution < 1.29 is 9.66 Å². The highest BCUT2D eigenvalue weighted by Gasteiger charge is 2.04. The number of terminal acetylenes is 1. The van der Waals surface area contributed by atoms with Gasteiger partial charge < -0.3 is 4.74 Å². The molecule has 0 spiro atoms. The Balaban J connectivity index is 1.99. The van der Waals surface area contributed by atoms with Gasteiger partial charge in [0.05, 0.1) is 14.7 Å². The van der Waals surface area contributed by atoms with E-state index in [0.29, 0.717) is 11.6 Å². The van der Waals surface area contributed by atoms with Crippen LogP contribution in [0.15, 0.2) is 41.6 Å². The number of hydrazone groups is 1. The zero-order chi connectivity index (χ0) is 16.7. The first-order valence-electron chi connectivity index (χ1n) is 6.35. The highest BCUT2D eigenvalue weighted by Crippen LogP contribution is 2.21. The summed E-state index contributed by atoms with van der Waals surface area (Å²) in [6, 6.07) is 8.37. The fraction of sp³-hybridized carbons (Fsp3) is 0.0667. The number of benzene rings is 1. The molecule has 0 aliphatic carbocycles. The van der Waals surface area contributed by atoms with E-state index in [9.17, 15) is 10.1 Å². The van der Waals surface area contributed by atoms with Gasteiger partial charge in [0.15, 0.2) is 0 Å². The largest absolute Gasteiger partial charge is 0.480 e. The highest BCUT2D eigenvalue weighted by molar-refractivity contribution is 14.1. The second-order valence-electron chi connectivity index (χ2n) is 4.21. The van der Waals surface area contributed by atoms with Gasteiger partial charge in [-0.2, -0.15) is 5.10 Å². The molecule has 0 atom stereocenters. The van der Waals surface area contributed by atoms with Gasteiger partial charge in [-0.25, -0.2) is 4.98 Å². The molecule has 7 nitrogen and oxygen atoms in total. The van der Waals surface area contributed by atoms with Gasteiger partial charge in [-0.1, -0.05) is 5.92 Å². The van der Waals surface area contributed by atoms with Gasteiger partial charge in [-0.15, -0.1) is 6.42 Å². The van der Waals surface area contributed by atoms with Crippen LogP contribution < -0.4 is 10.2 Å². The van der Waals surface area contributed by atoms with Crippen molar-refractivity contribution in [1.29, 1.82) is 0 Å². The fourth-order valence-electron chi connectivity index (χ4n) is 1.57. The molecule has 23 heavy (non-hydrogen) atoms. The molecule has 0 bridgehead atoms. The number of hydrogen-bond acceptors (Lipinski definition) is 6. The monoisotopic (exact) mass is 422 g/mol. The van der Waals surface area contributed by atoms with Crippen molar-refractivity contribution in [2.24, 2.45) is 5.10 Å². The summed E-state index contributed by atoms with van der Waals surface area (Å²) in [5, 5.41) is 14.6. The number of aromatic nitrogens is 1. The zero-order valence-corrected chi connectivity index (χ0v) is 13.9. The topological polar surface area (TPSA) is 89.6 Å². The molecule has 2 aromatic rings. The molecule has 0 saturated carbocycles. The van der Waals surface area contributed by atoms with Crippen molar-refractivity contribution in [2.45, 2.75) is 0 Å². The summed E-state index contributed by atoms with van der Waals surface area (Å²) >= 11 is 2.15. The minimum absolute atomic E-state index is 0.0726. The van der Waals surface area contributed by atoms with Crippen LogP contribution in [0.25, 0.3) is 0 Å². The van der Waals surface area contributed by atoms with E-state index >= 15 is 0 Å². The van der Waals surface area contributed by atoms with Crippen LogP contribution >= 0.6 is 22.6 Å². The van der Waals surface area contributed by atoms with Gasteiger partial charge in [0.25, 0.3) is 5.69 Å². The Morgan fingerprint density at radius 1 is 1.48 bits per heavy atom. The van der Waals surface area contributed by atoms with Crippen molar-refractivity contribution >= 4 is 40.3 Å². The van der Waals surface area contributed by atoms with Gasteiger partial charge in [-0.3, -0.25) is 15.5 Å². The quantitative estimate of drug-likeness (QED) is 0.254. The molecule has 0 radical (unpaired) electrons. The predicted molar refractivity (Wildman–Crippen MR) is 95.6 cm³/mol. The molecule has 1 aromatic heterocycles. The first kappa shape index (κ1) is 16.7. The molecule has 0 unspecified atom stereocenters.